The molecule has 1 fully saturated rings. The van der Waals surface area contributed by atoms with Gasteiger partial charge in [-0.25, -0.2) is 0 Å². The monoisotopic (exact) mass is 463 g/mol. The number of hydrogen-bond donors (Lipinski definition) is 3. The minimum absolute atomic E-state index is 0.000772. The second kappa shape index (κ2) is 8.53. The molecule has 11 heteroatoms. The van der Waals surface area contributed by atoms with Gasteiger partial charge in [-0.1, -0.05) is 6.07 Å². The predicted octanol–water partition coefficient (Wildman–Crippen LogP) is 3.62. The number of piperidine rings is 1. The normalized spacial score (nSPS) is 23.0. The van der Waals surface area contributed by atoms with Crippen LogP contribution in [0.1, 0.15) is 56.6 Å². The number of fused-ring (bicyclic) bond motifs is 1. The van der Waals surface area contributed by atoms with Gasteiger partial charge in [-0.2, -0.15) is 18.2 Å². The molecule has 2 aliphatic heterocycles. The van der Waals surface area contributed by atoms with Crippen molar-refractivity contribution in [3.63, 3.8) is 0 Å². The van der Waals surface area contributed by atoms with Crippen molar-refractivity contribution >= 4 is 29.3 Å². The fraction of sp³-hybridized carbons (Fsp3) is 0.455. The minimum Gasteiger partial charge on any atom is -0.337 e. The van der Waals surface area contributed by atoms with Crippen molar-refractivity contribution in [3.8, 4) is 0 Å². The molecule has 0 saturated carbocycles. The van der Waals surface area contributed by atoms with E-state index in [1.807, 2.05) is 18.7 Å². The van der Waals surface area contributed by atoms with Crippen molar-refractivity contribution in [1.29, 1.82) is 0 Å². The van der Waals surface area contributed by atoms with Crippen LogP contribution >= 0.6 is 0 Å². The summed E-state index contributed by atoms with van der Waals surface area (Å²) in [5, 5.41) is 4.96. The Labute approximate surface area is 187 Å². The van der Waals surface area contributed by atoms with Crippen LogP contribution in [0.5, 0.6) is 0 Å². The molecule has 0 spiro atoms. The van der Waals surface area contributed by atoms with Crippen LogP contribution in [0.2, 0.25) is 0 Å². The third kappa shape index (κ3) is 4.57. The highest BCUT2D eigenvalue weighted by Crippen LogP contribution is 2.34. The maximum Gasteiger partial charge on any atom is 0.416 e. The molecule has 0 unspecified atom stereocenters. The number of aromatic amines is 1. The van der Waals surface area contributed by atoms with Gasteiger partial charge in [0.2, 0.25) is 17.8 Å². The number of alkyl halides is 3. The van der Waals surface area contributed by atoms with Gasteiger partial charge in [0.15, 0.2) is 0 Å². The van der Waals surface area contributed by atoms with Crippen LogP contribution in [-0.4, -0.2) is 33.9 Å². The molecule has 33 heavy (non-hydrogen) atoms. The second-order valence-electron chi connectivity index (χ2n) is 8.56. The van der Waals surface area contributed by atoms with Crippen LogP contribution < -0.4 is 21.1 Å². The highest BCUT2D eigenvalue weighted by Gasteiger charge is 2.37. The Morgan fingerprint density at radius 3 is 2.55 bits per heavy atom. The number of anilines is 3. The molecule has 176 valence electrons. The van der Waals surface area contributed by atoms with E-state index < -0.39 is 35.0 Å². The molecule has 1 aromatic heterocycles. The Kier molecular flexibility index (Phi) is 5.89. The van der Waals surface area contributed by atoms with Crippen molar-refractivity contribution in [2.24, 2.45) is 0 Å². The van der Waals surface area contributed by atoms with Crippen LogP contribution in [-0.2, 0) is 15.8 Å². The molecule has 2 aromatic rings. The maximum absolute atomic E-state index is 13.0. The molecule has 8 nitrogen and oxygen atoms in total. The molecule has 2 amide bonds. The van der Waals surface area contributed by atoms with E-state index in [4.69, 9.17) is 0 Å². The average Bonchev–Trinajstić information content (AvgIpc) is 2.72. The van der Waals surface area contributed by atoms with E-state index in [2.05, 4.69) is 20.6 Å². The van der Waals surface area contributed by atoms with E-state index in [-0.39, 0.29) is 35.6 Å². The fourth-order valence-corrected chi connectivity index (χ4v) is 4.55. The molecule has 0 aliphatic carbocycles. The molecule has 3 atom stereocenters. The third-order valence-electron chi connectivity index (χ3n) is 6.15. The van der Waals surface area contributed by atoms with E-state index in [1.54, 1.807) is 0 Å². The topological polar surface area (TPSA) is 107 Å². The number of carbonyl (C=O) groups excluding carboxylic acids is 2. The summed E-state index contributed by atoms with van der Waals surface area (Å²) in [7, 11) is 0. The summed E-state index contributed by atoms with van der Waals surface area (Å²) in [6.45, 7) is 4.05. The molecule has 3 heterocycles. The molecule has 3 N–H and O–H groups in total. The first-order valence-electron chi connectivity index (χ1n) is 10.7. The third-order valence-corrected chi connectivity index (χ3v) is 6.15. The van der Waals surface area contributed by atoms with Crippen LogP contribution in [0, 0.1) is 0 Å². The van der Waals surface area contributed by atoms with Crippen LogP contribution in [0.15, 0.2) is 29.1 Å². The van der Waals surface area contributed by atoms with E-state index in [0.29, 0.717) is 5.95 Å². The fourth-order valence-electron chi connectivity index (χ4n) is 4.55. The van der Waals surface area contributed by atoms with Gasteiger partial charge < -0.3 is 15.5 Å². The smallest absolute Gasteiger partial charge is 0.337 e. The Hall–Kier alpha value is -3.37. The molecule has 2 aliphatic rings. The highest BCUT2D eigenvalue weighted by molar-refractivity contribution is 6.04. The van der Waals surface area contributed by atoms with E-state index >= 15 is 0 Å². The summed E-state index contributed by atoms with van der Waals surface area (Å²) in [4.78, 5) is 47.4. The number of rotatable bonds is 3. The van der Waals surface area contributed by atoms with E-state index in [9.17, 15) is 27.6 Å². The molecule has 0 radical (unpaired) electrons. The summed E-state index contributed by atoms with van der Waals surface area (Å²) in [6.07, 6.45) is -1.97. The summed E-state index contributed by atoms with van der Waals surface area (Å²) < 4.78 is 39.0. The lowest BCUT2D eigenvalue weighted by Crippen LogP contribution is -2.46. The molecular formula is C22H24F3N5O3. The van der Waals surface area contributed by atoms with Crippen LogP contribution in [0.4, 0.5) is 30.6 Å². The number of aromatic nitrogens is 2. The maximum atomic E-state index is 13.0. The van der Waals surface area contributed by atoms with E-state index in [0.717, 1.165) is 31.4 Å². The number of nitrogens with zero attached hydrogens (tertiary/aromatic N) is 2. The number of carbonyl (C=O) groups is 2. The molecule has 1 aromatic carbocycles. The molecule has 4 rings (SSSR count). The Morgan fingerprint density at radius 2 is 1.88 bits per heavy atom. The average molecular weight is 463 g/mol. The van der Waals surface area contributed by atoms with Gasteiger partial charge in [0.25, 0.3) is 5.56 Å². The van der Waals surface area contributed by atoms with Crippen molar-refractivity contribution in [3.05, 3.63) is 45.7 Å². The lowest BCUT2D eigenvalue weighted by molar-refractivity contribution is -0.137. The zero-order valence-corrected chi connectivity index (χ0v) is 18.1. The van der Waals surface area contributed by atoms with Gasteiger partial charge in [0.1, 0.15) is 5.82 Å². The van der Waals surface area contributed by atoms with Crippen molar-refractivity contribution < 1.29 is 22.8 Å². The van der Waals surface area contributed by atoms with Crippen LogP contribution in [0.25, 0.3) is 0 Å². The highest BCUT2D eigenvalue weighted by atomic mass is 19.4. The largest absolute Gasteiger partial charge is 0.416 e. The Balaban J connectivity index is 1.65. The van der Waals surface area contributed by atoms with Gasteiger partial charge in [-0.05, 0) is 51.3 Å². The van der Waals surface area contributed by atoms with Gasteiger partial charge in [-0.3, -0.25) is 19.4 Å². The molecular weight excluding hydrogens is 439 g/mol. The van der Waals surface area contributed by atoms with Crippen molar-refractivity contribution in [1.82, 2.24) is 9.97 Å². The number of H-pyrrole nitrogens is 1. The van der Waals surface area contributed by atoms with E-state index in [1.165, 1.54) is 12.1 Å². The lowest BCUT2D eigenvalue weighted by atomic mass is 9.92. The number of benzene rings is 1. The van der Waals surface area contributed by atoms with Crippen molar-refractivity contribution in [2.45, 2.75) is 63.7 Å². The molecule has 0 bridgehead atoms. The second-order valence-corrected chi connectivity index (χ2v) is 8.56. The molecule has 1 saturated heterocycles. The van der Waals surface area contributed by atoms with Gasteiger partial charge in [0.05, 0.1) is 17.0 Å². The first-order valence-corrected chi connectivity index (χ1v) is 10.7. The summed E-state index contributed by atoms with van der Waals surface area (Å²) in [5.74, 6) is -2.14. The summed E-state index contributed by atoms with van der Waals surface area (Å²) in [6, 6.07) is 4.43. The Bertz CT molecular complexity index is 1140. The van der Waals surface area contributed by atoms with Crippen molar-refractivity contribution in [2.75, 3.05) is 15.5 Å². The van der Waals surface area contributed by atoms with Crippen LogP contribution in [0.3, 0.4) is 0 Å². The number of nitrogens with one attached hydrogen (secondary N) is 3. The van der Waals surface area contributed by atoms with Gasteiger partial charge >= 0.3 is 6.18 Å². The standard InChI is InChI=1S/C22H24F3N5O3/c1-11-5-3-6-12(2)30(11)21-28-18-17(20(33)29-21)15(10-16(31)27-18)19(32)26-14-8-4-7-13(9-14)22(23,24)25/h4,7-9,11-12,15H,3,5-6,10H2,1-2H3,(H,26,32)(H2,27,28,29,31,33)/t11-,12-,15-/m1/s1. The first kappa shape index (κ1) is 22.8. The number of amides is 2. The SMILES string of the molecule is C[C@@H]1CCC[C@@H](C)N1c1nc2c(c(=O)[nH]1)[C@H](C(=O)Nc1cccc(C(F)(F)F)c1)CC(=O)N2. The number of halogens is 3. The van der Waals surface area contributed by atoms with Gasteiger partial charge in [0, 0.05) is 24.2 Å². The lowest BCUT2D eigenvalue weighted by Gasteiger charge is -2.39. The summed E-state index contributed by atoms with van der Waals surface area (Å²) >= 11 is 0. The van der Waals surface area contributed by atoms with Gasteiger partial charge in [-0.15, -0.1) is 0 Å². The summed E-state index contributed by atoms with van der Waals surface area (Å²) in [5.41, 5.74) is -1.58. The first-order chi connectivity index (χ1) is 15.5. The quantitative estimate of drug-likeness (QED) is 0.645. The Morgan fingerprint density at radius 1 is 1.18 bits per heavy atom. The zero-order chi connectivity index (χ0) is 23.9. The zero-order valence-electron chi connectivity index (χ0n) is 18.1. The minimum atomic E-state index is -4.57. The number of hydrogen-bond acceptors (Lipinski definition) is 5. The predicted molar refractivity (Wildman–Crippen MR) is 116 cm³/mol.